The van der Waals surface area contributed by atoms with Crippen LogP contribution in [0.5, 0.6) is 0 Å². The van der Waals surface area contributed by atoms with Crippen LogP contribution in [0.25, 0.3) is 0 Å². The summed E-state index contributed by atoms with van der Waals surface area (Å²) in [5, 5.41) is 20.3. The van der Waals surface area contributed by atoms with Crippen molar-refractivity contribution in [2.24, 2.45) is 0 Å². The SMILES string of the molecule is CC(O)c1ccccc1Sc1ccc([N+](=O)[O-])cc1. The van der Waals surface area contributed by atoms with Crippen molar-refractivity contribution in [1.29, 1.82) is 0 Å². The Kier molecular flexibility index (Phi) is 4.19. The van der Waals surface area contributed by atoms with Crippen LogP contribution in [0, 0.1) is 10.1 Å². The van der Waals surface area contributed by atoms with Gasteiger partial charge in [0.25, 0.3) is 5.69 Å². The molecule has 0 saturated heterocycles. The van der Waals surface area contributed by atoms with Crippen molar-refractivity contribution < 1.29 is 10.0 Å². The van der Waals surface area contributed by atoms with Gasteiger partial charge >= 0.3 is 0 Å². The van der Waals surface area contributed by atoms with Crippen LogP contribution in [0.3, 0.4) is 0 Å². The minimum absolute atomic E-state index is 0.0770. The van der Waals surface area contributed by atoms with Gasteiger partial charge in [0.05, 0.1) is 11.0 Å². The maximum absolute atomic E-state index is 10.6. The van der Waals surface area contributed by atoms with E-state index in [1.807, 2.05) is 24.3 Å². The Bertz CT molecular complexity index is 581. The molecule has 5 heteroatoms. The maximum atomic E-state index is 10.6. The molecule has 98 valence electrons. The van der Waals surface area contributed by atoms with Crippen LogP contribution in [-0.2, 0) is 0 Å². The van der Waals surface area contributed by atoms with E-state index in [1.165, 1.54) is 23.9 Å². The van der Waals surface area contributed by atoms with Gasteiger partial charge in [-0.05, 0) is 30.7 Å². The van der Waals surface area contributed by atoms with Crippen molar-refractivity contribution in [2.45, 2.75) is 22.8 Å². The Morgan fingerprint density at radius 2 is 1.79 bits per heavy atom. The summed E-state index contributed by atoms with van der Waals surface area (Å²) >= 11 is 1.48. The van der Waals surface area contributed by atoms with Gasteiger partial charge in [-0.3, -0.25) is 10.1 Å². The van der Waals surface area contributed by atoms with E-state index in [2.05, 4.69) is 0 Å². The summed E-state index contributed by atoms with van der Waals surface area (Å²) in [5.74, 6) is 0. The number of aliphatic hydroxyl groups excluding tert-OH is 1. The summed E-state index contributed by atoms with van der Waals surface area (Å²) in [6.07, 6.45) is -0.540. The second-order valence-electron chi connectivity index (χ2n) is 4.07. The standard InChI is InChI=1S/C14H13NO3S/c1-10(16)13-4-2-3-5-14(13)19-12-8-6-11(7-9-12)15(17)18/h2-10,16H,1H3. The van der Waals surface area contributed by atoms with Gasteiger partial charge < -0.3 is 5.11 Å². The summed E-state index contributed by atoms with van der Waals surface area (Å²) in [5.41, 5.74) is 0.930. The quantitative estimate of drug-likeness (QED) is 0.681. The fourth-order valence-corrected chi connectivity index (χ4v) is 2.71. The zero-order valence-corrected chi connectivity index (χ0v) is 11.1. The van der Waals surface area contributed by atoms with E-state index in [0.717, 1.165) is 15.4 Å². The average molecular weight is 275 g/mol. The molecule has 2 aromatic carbocycles. The van der Waals surface area contributed by atoms with E-state index in [0.29, 0.717) is 0 Å². The first-order valence-electron chi connectivity index (χ1n) is 5.77. The van der Waals surface area contributed by atoms with Gasteiger partial charge in [0.1, 0.15) is 0 Å². The van der Waals surface area contributed by atoms with Crippen molar-refractivity contribution in [3.8, 4) is 0 Å². The van der Waals surface area contributed by atoms with Gasteiger partial charge in [0.15, 0.2) is 0 Å². The molecule has 1 unspecified atom stereocenters. The zero-order chi connectivity index (χ0) is 13.8. The van der Waals surface area contributed by atoms with Crippen LogP contribution >= 0.6 is 11.8 Å². The topological polar surface area (TPSA) is 63.4 Å². The van der Waals surface area contributed by atoms with Crippen molar-refractivity contribution in [3.63, 3.8) is 0 Å². The predicted molar refractivity (Wildman–Crippen MR) is 74.3 cm³/mol. The minimum atomic E-state index is -0.540. The molecule has 0 aliphatic heterocycles. The second-order valence-corrected chi connectivity index (χ2v) is 5.18. The maximum Gasteiger partial charge on any atom is 0.269 e. The highest BCUT2D eigenvalue weighted by atomic mass is 32.2. The first-order chi connectivity index (χ1) is 9.08. The average Bonchev–Trinajstić information content (AvgIpc) is 2.39. The number of aliphatic hydroxyl groups is 1. The van der Waals surface area contributed by atoms with E-state index >= 15 is 0 Å². The normalized spacial score (nSPS) is 12.1. The van der Waals surface area contributed by atoms with Crippen LogP contribution in [-0.4, -0.2) is 10.0 Å². The lowest BCUT2D eigenvalue weighted by molar-refractivity contribution is -0.384. The fraction of sp³-hybridized carbons (Fsp3) is 0.143. The number of rotatable bonds is 4. The molecule has 0 aromatic heterocycles. The molecule has 2 rings (SSSR count). The molecule has 0 amide bonds. The highest BCUT2D eigenvalue weighted by Gasteiger charge is 2.09. The lowest BCUT2D eigenvalue weighted by Crippen LogP contribution is -1.93. The monoisotopic (exact) mass is 275 g/mol. The molecule has 1 N–H and O–H groups in total. The van der Waals surface area contributed by atoms with Gasteiger partial charge in [-0.25, -0.2) is 0 Å². The number of hydrogen-bond acceptors (Lipinski definition) is 4. The number of hydrogen-bond donors (Lipinski definition) is 1. The van der Waals surface area contributed by atoms with Gasteiger partial charge in [0, 0.05) is 21.9 Å². The Labute approximate surface area is 115 Å². The lowest BCUT2D eigenvalue weighted by Gasteiger charge is -2.11. The van der Waals surface area contributed by atoms with Crippen molar-refractivity contribution >= 4 is 17.4 Å². The van der Waals surface area contributed by atoms with Crippen LogP contribution < -0.4 is 0 Å². The summed E-state index contributed by atoms with van der Waals surface area (Å²) in [4.78, 5) is 12.0. The highest BCUT2D eigenvalue weighted by Crippen LogP contribution is 2.33. The molecule has 0 radical (unpaired) electrons. The number of nitro benzene ring substituents is 1. The third-order valence-electron chi connectivity index (χ3n) is 2.64. The number of non-ortho nitro benzene ring substituents is 1. The van der Waals surface area contributed by atoms with Crippen molar-refractivity contribution in [1.82, 2.24) is 0 Å². The molecule has 0 aliphatic rings. The third-order valence-corrected chi connectivity index (χ3v) is 3.74. The molecule has 0 aliphatic carbocycles. The molecule has 0 spiro atoms. The molecule has 1 atom stereocenters. The molecule has 0 saturated carbocycles. The fourth-order valence-electron chi connectivity index (χ4n) is 1.68. The van der Waals surface area contributed by atoms with Crippen LogP contribution in [0.15, 0.2) is 58.3 Å². The zero-order valence-electron chi connectivity index (χ0n) is 10.3. The minimum Gasteiger partial charge on any atom is -0.389 e. The molecule has 19 heavy (non-hydrogen) atoms. The molecular formula is C14H13NO3S. The first kappa shape index (κ1) is 13.6. The molecule has 2 aromatic rings. The van der Waals surface area contributed by atoms with E-state index in [4.69, 9.17) is 0 Å². The number of nitrogens with zero attached hydrogens (tertiary/aromatic N) is 1. The van der Waals surface area contributed by atoms with Crippen LogP contribution in [0.4, 0.5) is 5.69 Å². The molecule has 0 fully saturated rings. The van der Waals surface area contributed by atoms with E-state index in [1.54, 1.807) is 19.1 Å². The Hall–Kier alpha value is -1.85. The Morgan fingerprint density at radius 3 is 2.37 bits per heavy atom. The van der Waals surface area contributed by atoms with E-state index in [-0.39, 0.29) is 5.69 Å². The Morgan fingerprint density at radius 1 is 1.16 bits per heavy atom. The lowest BCUT2D eigenvalue weighted by atomic mass is 10.1. The van der Waals surface area contributed by atoms with Crippen molar-refractivity contribution in [2.75, 3.05) is 0 Å². The first-order valence-corrected chi connectivity index (χ1v) is 6.59. The molecule has 0 bridgehead atoms. The van der Waals surface area contributed by atoms with Crippen molar-refractivity contribution in [3.05, 3.63) is 64.2 Å². The Balaban J connectivity index is 2.24. The number of benzene rings is 2. The van der Waals surface area contributed by atoms with Crippen LogP contribution in [0.1, 0.15) is 18.6 Å². The second kappa shape index (κ2) is 5.86. The van der Waals surface area contributed by atoms with Gasteiger partial charge in [0.2, 0.25) is 0 Å². The van der Waals surface area contributed by atoms with E-state index < -0.39 is 11.0 Å². The summed E-state index contributed by atoms with van der Waals surface area (Å²) in [6.45, 7) is 1.72. The summed E-state index contributed by atoms with van der Waals surface area (Å²) in [6, 6.07) is 14.0. The number of nitro groups is 1. The molecule has 0 heterocycles. The third kappa shape index (κ3) is 3.33. The van der Waals surface area contributed by atoms with Crippen LogP contribution in [0.2, 0.25) is 0 Å². The van der Waals surface area contributed by atoms with Gasteiger partial charge in [-0.2, -0.15) is 0 Å². The largest absolute Gasteiger partial charge is 0.389 e. The van der Waals surface area contributed by atoms with E-state index in [9.17, 15) is 15.2 Å². The molecule has 4 nitrogen and oxygen atoms in total. The van der Waals surface area contributed by atoms with Gasteiger partial charge in [-0.1, -0.05) is 30.0 Å². The summed E-state index contributed by atoms with van der Waals surface area (Å²) < 4.78 is 0. The smallest absolute Gasteiger partial charge is 0.269 e. The summed E-state index contributed by atoms with van der Waals surface area (Å²) in [7, 11) is 0. The predicted octanol–water partition coefficient (Wildman–Crippen LogP) is 3.80. The van der Waals surface area contributed by atoms with Gasteiger partial charge in [-0.15, -0.1) is 0 Å². The molecular weight excluding hydrogens is 262 g/mol. The highest BCUT2D eigenvalue weighted by molar-refractivity contribution is 7.99.